The summed E-state index contributed by atoms with van der Waals surface area (Å²) in [7, 11) is 0. The highest BCUT2D eigenvalue weighted by Gasteiger charge is 2.16. The minimum atomic E-state index is -0.272. The number of anilines is 2. The van der Waals surface area contributed by atoms with E-state index in [2.05, 4.69) is 27.9 Å². The molecule has 0 fully saturated rings. The Balaban J connectivity index is 2.30. The molecule has 6 heteroatoms. The maximum atomic E-state index is 12.4. The standard InChI is InChI=1S/C15H14ClIN2O2/c1-2-21-14-10(4-3-5-12(14)18)15(20)19-13-7-6-9(16)8-11(13)17/h3-8H,2,18H2,1H3,(H,19,20). The first-order chi connectivity index (χ1) is 10.0. The number of ether oxygens (including phenoxy) is 1. The van der Waals surface area contributed by atoms with E-state index in [0.29, 0.717) is 34.3 Å². The van der Waals surface area contributed by atoms with E-state index in [1.54, 1.807) is 36.4 Å². The lowest BCUT2D eigenvalue weighted by molar-refractivity contribution is 0.102. The van der Waals surface area contributed by atoms with E-state index in [-0.39, 0.29) is 5.91 Å². The van der Waals surface area contributed by atoms with Crippen LogP contribution < -0.4 is 15.8 Å². The second kappa shape index (κ2) is 7.00. The zero-order chi connectivity index (χ0) is 15.4. The first kappa shape index (κ1) is 15.9. The summed E-state index contributed by atoms with van der Waals surface area (Å²) in [4.78, 5) is 12.4. The Hall–Kier alpha value is -1.47. The van der Waals surface area contributed by atoms with Gasteiger partial charge in [0.05, 0.1) is 23.5 Å². The van der Waals surface area contributed by atoms with E-state index in [4.69, 9.17) is 22.1 Å². The van der Waals surface area contributed by atoms with Crippen molar-refractivity contribution in [2.24, 2.45) is 0 Å². The Labute approximate surface area is 141 Å². The molecule has 3 N–H and O–H groups in total. The highest BCUT2D eigenvalue weighted by Crippen LogP contribution is 2.28. The predicted molar refractivity (Wildman–Crippen MR) is 94.1 cm³/mol. The van der Waals surface area contributed by atoms with Crippen LogP contribution in [0.4, 0.5) is 11.4 Å². The van der Waals surface area contributed by atoms with Crippen molar-refractivity contribution in [1.29, 1.82) is 0 Å². The van der Waals surface area contributed by atoms with Crippen molar-refractivity contribution < 1.29 is 9.53 Å². The number of para-hydroxylation sites is 1. The third kappa shape index (κ3) is 3.79. The lowest BCUT2D eigenvalue weighted by atomic mass is 10.1. The van der Waals surface area contributed by atoms with Crippen molar-refractivity contribution in [2.45, 2.75) is 6.92 Å². The molecule has 110 valence electrons. The van der Waals surface area contributed by atoms with Gasteiger partial charge in [-0.1, -0.05) is 17.7 Å². The SMILES string of the molecule is CCOc1c(N)cccc1C(=O)Nc1ccc(Cl)cc1I. The van der Waals surface area contributed by atoms with Crippen LogP contribution in [0.15, 0.2) is 36.4 Å². The smallest absolute Gasteiger partial charge is 0.259 e. The van der Waals surface area contributed by atoms with Gasteiger partial charge in [-0.3, -0.25) is 4.79 Å². The Bertz CT molecular complexity index is 677. The molecule has 0 saturated carbocycles. The maximum absolute atomic E-state index is 12.4. The minimum absolute atomic E-state index is 0.272. The van der Waals surface area contributed by atoms with Crippen molar-refractivity contribution in [1.82, 2.24) is 0 Å². The van der Waals surface area contributed by atoms with Crippen LogP contribution in [0.3, 0.4) is 0 Å². The third-order valence-electron chi connectivity index (χ3n) is 2.76. The number of hydrogen-bond acceptors (Lipinski definition) is 3. The molecule has 0 radical (unpaired) electrons. The molecule has 0 aromatic heterocycles. The molecule has 0 bridgehead atoms. The van der Waals surface area contributed by atoms with Crippen LogP contribution in [0.2, 0.25) is 5.02 Å². The monoisotopic (exact) mass is 416 g/mol. The molecule has 21 heavy (non-hydrogen) atoms. The lowest BCUT2D eigenvalue weighted by Gasteiger charge is -2.13. The molecule has 0 spiro atoms. The quantitative estimate of drug-likeness (QED) is 0.580. The number of amides is 1. The summed E-state index contributed by atoms with van der Waals surface area (Å²) < 4.78 is 6.32. The second-order valence-corrected chi connectivity index (χ2v) is 5.83. The van der Waals surface area contributed by atoms with Gasteiger partial charge in [0.1, 0.15) is 0 Å². The number of rotatable bonds is 4. The van der Waals surface area contributed by atoms with Crippen LogP contribution in [-0.4, -0.2) is 12.5 Å². The van der Waals surface area contributed by atoms with Gasteiger partial charge in [-0.2, -0.15) is 0 Å². The van der Waals surface area contributed by atoms with Crippen molar-refractivity contribution in [3.63, 3.8) is 0 Å². The van der Waals surface area contributed by atoms with Crippen molar-refractivity contribution in [3.05, 3.63) is 50.6 Å². The van der Waals surface area contributed by atoms with E-state index >= 15 is 0 Å². The Kier molecular flexibility index (Phi) is 5.30. The van der Waals surface area contributed by atoms with Gasteiger partial charge in [-0.15, -0.1) is 0 Å². The van der Waals surface area contributed by atoms with Gasteiger partial charge in [0.15, 0.2) is 5.75 Å². The van der Waals surface area contributed by atoms with E-state index in [1.807, 2.05) is 6.92 Å². The number of nitrogens with one attached hydrogen (secondary N) is 1. The van der Waals surface area contributed by atoms with Gasteiger partial charge < -0.3 is 15.8 Å². The fraction of sp³-hybridized carbons (Fsp3) is 0.133. The van der Waals surface area contributed by atoms with Gasteiger partial charge in [-0.25, -0.2) is 0 Å². The van der Waals surface area contributed by atoms with Crippen molar-refractivity contribution in [3.8, 4) is 5.75 Å². The second-order valence-electron chi connectivity index (χ2n) is 4.24. The van der Waals surface area contributed by atoms with Gasteiger partial charge in [-0.05, 0) is 59.8 Å². The van der Waals surface area contributed by atoms with Crippen LogP contribution in [-0.2, 0) is 0 Å². The summed E-state index contributed by atoms with van der Waals surface area (Å²) in [5.74, 6) is 0.132. The molecule has 2 aromatic carbocycles. The number of hydrogen-bond donors (Lipinski definition) is 2. The van der Waals surface area contributed by atoms with E-state index in [9.17, 15) is 4.79 Å². The molecule has 0 aliphatic carbocycles. The third-order valence-corrected chi connectivity index (χ3v) is 3.89. The summed E-state index contributed by atoms with van der Waals surface area (Å²) in [5, 5.41) is 3.46. The fourth-order valence-corrected chi connectivity index (χ4v) is 2.83. The van der Waals surface area contributed by atoms with E-state index in [1.165, 1.54) is 0 Å². The molecule has 0 saturated heterocycles. The van der Waals surface area contributed by atoms with Crippen LogP contribution >= 0.6 is 34.2 Å². The molecule has 0 atom stereocenters. The van der Waals surface area contributed by atoms with Crippen LogP contribution in [0.5, 0.6) is 5.75 Å². The number of nitrogen functional groups attached to an aromatic ring is 1. The first-order valence-corrected chi connectivity index (χ1v) is 7.76. The number of carbonyl (C=O) groups excluding carboxylic acids is 1. The number of benzene rings is 2. The predicted octanol–water partition coefficient (Wildman–Crippen LogP) is 4.18. The van der Waals surface area contributed by atoms with E-state index < -0.39 is 0 Å². The Morgan fingerprint density at radius 1 is 1.38 bits per heavy atom. The minimum Gasteiger partial charge on any atom is -0.491 e. The van der Waals surface area contributed by atoms with Crippen LogP contribution in [0.25, 0.3) is 0 Å². The first-order valence-electron chi connectivity index (χ1n) is 6.30. The highest BCUT2D eigenvalue weighted by molar-refractivity contribution is 14.1. The van der Waals surface area contributed by atoms with Crippen molar-refractivity contribution in [2.75, 3.05) is 17.7 Å². The molecule has 2 rings (SSSR count). The normalized spacial score (nSPS) is 10.2. The zero-order valence-electron chi connectivity index (χ0n) is 11.3. The fourth-order valence-electron chi connectivity index (χ4n) is 1.82. The highest BCUT2D eigenvalue weighted by atomic mass is 127. The average Bonchev–Trinajstić information content (AvgIpc) is 2.44. The average molecular weight is 417 g/mol. The summed E-state index contributed by atoms with van der Waals surface area (Å²) >= 11 is 8.02. The number of carbonyl (C=O) groups is 1. The molecular weight excluding hydrogens is 403 g/mol. The summed E-state index contributed by atoms with van der Waals surface area (Å²) in [6.45, 7) is 2.28. The molecule has 1 amide bonds. The van der Waals surface area contributed by atoms with Gasteiger partial charge in [0.25, 0.3) is 5.91 Å². The zero-order valence-corrected chi connectivity index (χ0v) is 14.2. The van der Waals surface area contributed by atoms with Gasteiger partial charge in [0, 0.05) is 8.59 Å². The number of nitrogens with two attached hydrogens (primary N) is 1. The van der Waals surface area contributed by atoms with E-state index in [0.717, 1.165) is 3.57 Å². The van der Waals surface area contributed by atoms with Crippen LogP contribution in [0, 0.1) is 3.57 Å². The van der Waals surface area contributed by atoms with Gasteiger partial charge >= 0.3 is 0 Å². The van der Waals surface area contributed by atoms with Gasteiger partial charge in [0.2, 0.25) is 0 Å². The summed E-state index contributed by atoms with van der Waals surface area (Å²) in [6.07, 6.45) is 0. The molecule has 0 aliphatic rings. The molecule has 0 aliphatic heterocycles. The molecule has 0 unspecified atom stereocenters. The van der Waals surface area contributed by atoms with Crippen molar-refractivity contribution >= 4 is 51.5 Å². The maximum Gasteiger partial charge on any atom is 0.259 e. The molecular formula is C15H14ClIN2O2. The summed E-state index contributed by atoms with van der Waals surface area (Å²) in [6, 6.07) is 10.4. The number of halogens is 2. The molecule has 2 aromatic rings. The molecule has 0 heterocycles. The summed E-state index contributed by atoms with van der Waals surface area (Å²) in [5.41, 5.74) is 7.40. The molecule has 4 nitrogen and oxygen atoms in total. The largest absolute Gasteiger partial charge is 0.491 e. The van der Waals surface area contributed by atoms with Crippen LogP contribution in [0.1, 0.15) is 17.3 Å². The topological polar surface area (TPSA) is 64.3 Å². The lowest BCUT2D eigenvalue weighted by Crippen LogP contribution is -2.15. The Morgan fingerprint density at radius 2 is 2.14 bits per heavy atom. The Morgan fingerprint density at radius 3 is 2.81 bits per heavy atom.